The van der Waals surface area contributed by atoms with Gasteiger partial charge >= 0.3 is 11.9 Å². The van der Waals surface area contributed by atoms with Crippen molar-refractivity contribution in [2.24, 2.45) is 0 Å². The first kappa shape index (κ1) is 20.6. The van der Waals surface area contributed by atoms with Crippen molar-refractivity contribution in [1.29, 1.82) is 0 Å². The van der Waals surface area contributed by atoms with Crippen LogP contribution in [0.4, 0.5) is 4.39 Å². The van der Waals surface area contributed by atoms with Crippen LogP contribution in [0.25, 0.3) is 0 Å². The van der Waals surface area contributed by atoms with E-state index in [9.17, 15) is 14.0 Å². The normalized spacial score (nSPS) is 10.8. The molecule has 142 valence electrons. The molecule has 0 radical (unpaired) electrons. The van der Waals surface area contributed by atoms with Gasteiger partial charge in [-0.05, 0) is 49.2 Å². The van der Waals surface area contributed by atoms with E-state index in [4.69, 9.17) is 21.1 Å². The summed E-state index contributed by atoms with van der Waals surface area (Å²) in [6, 6.07) is 9.63. The van der Waals surface area contributed by atoms with E-state index in [1.165, 1.54) is 42.5 Å². The van der Waals surface area contributed by atoms with E-state index in [1.807, 2.05) is 0 Å². The molecule has 0 N–H and O–H groups in total. The van der Waals surface area contributed by atoms with Crippen molar-refractivity contribution >= 4 is 23.5 Å². The number of hydrogen-bond acceptors (Lipinski definition) is 4. The lowest BCUT2D eigenvalue weighted by Crippen LogP contribution is -2.09. The Morgan fingerprint density at radius 1 is 1.04 bits per heavy atom. The van der Waals surface area contributed by atoms with Crippen LogP contribution < -0.4 is 9.47 Å². The van der Waals surface area contributed by atoms with Gasteiger partial charge < -0.3 is 9.47 Å². The molecule has 0 amide bonds. The molecule has 0 aliphatic heterocycles. The molecule has 27 heavy (non-hydrogen) atoms. The highest BCUT2D eigenvalue weighted by Crippen LogP contribution is 2.21. The third-order valence-electron chi connectivity index (χ3n) is 3.64. The second kappa shape index (κ2) is 10.5. The van der Waals surface area contributed by atoms with Crippen molar-refractivity contribution in [1.82, 2.24) is 0 Å². The molecule has 6 heteroatoms. The zero-order valence-corrected chi connectivity index (χ0v) is 15.7. The summed E-state index contributed by atoms with van der Waals surface area (Å²) in [5, 5.41) is -0.0552. The summed E-state index contributed by atoms with van der Waals surface area (Å²) >= 11 is 5.59. The Bertz CT molecular complexity index is 815. The maximum Gasteiger partial charge on any atom is 0.343 e. The molecule has 0 saturated heterocycles. The Kier molecular flexibility index (Phi) is 8.01. The molecule has 0 fully saturated rings. The highest BCUT2D eigenvalue weighted by Gasteiger charge is 2.11. The average molecular weight is 391 g/mol. The van der Waals surface area contributed by atoms with E-state index >= 15 is 0 Å². The van der Waals surface area contributed by atoms with Crippen LogP contribution in [0.3, 0.4) is 0 Å². The summed E-state index contributed by atoms with van der Waals surface area (Å²) in [7, 11) is 0. The number of unbranched alkanes of at least 4 members (excludes halogenated alkanes) is 3. The Morgan fingerprint density at radius 2 is 1.74 bits per heavy atom. The molecule has 4 nitrogen and oxygen atoms in total. The zero-order chi connectivity index (χ0) is 19.6. The molecule has 2 rings (SSSR count). The minimum absolute atomic E-state index is 0.0469. The smallest absolute Gasteiger partial charge is 0.343 e. The van der Waals surface area contributed by atoms with Gasteiger partial charge in [-0.1, -0.05) is 37.4 Å². The molecular formula is C21H20ClFO4. The number of hydrogen-bond donors (Lipinski definition) is 0. The number of benzene rings is 2. The van der Waals surface area contributed by atoms with Gasteiger partial charge in [0.15, 0.2) is 0 Å². The first-order valence-electron chi connectivity index (χ1n) is 8.65. The van der Waals surface area contributed by atoms with Crippen molar-refractivity contribution in [2.75, 3.05) is 0 Å². The van der Waals surface area contributed by atoms with Crippen LogP contribution in [0.2, 0.25) is 5.02 Å². The highest BCUT2D eigenvalue weighted by molar-refractivity contribution is 6.30. The number of carbonyl (C=O) groups excluding carboxylic acids is 2. The predicted molar refractivity (Wildman–Crippen MR) is 102 cm³/mol. The molecule has 0 atom stereocenters. The van der Waals surface area contributed by atoms with Gasteiger partial charge in [-0.15, -0.1) is 0 Å². The van der Waals surface area contributed by atoms with Gasteiger partial charge in [-0.3, -0.25) is 0 Å². The second-order valence-electron chi connectivity index (χ2n) is 5.81. The number of halogens is 2. The SMILES string of the molecule is CCCCC/C=C/C(=O)Oc1ccc(C(=O)Oc2ccc(Cl)c(F)c2)cc1. The molecular weight excluding hydrogens is 371 g/mol. The van der Waals surface area contributed by atoms with Crippen LogP contribution >= 0.6 is 11.6 Å². The molecule has 0 aliphatic carbocycles. The Labute approximate surface area is 162 Å². The first-order chi connectivity index (χ1) is 13.0. The van der Waals surface area contributed by atoms with Crippen LogP contribution in [0.15, 0.2) is 54.6 Å². The minimum Gasteiger partial charge on any atom is -0.423 e. The molecule has 0 saturated carbocycles. The summed E-state index contributed by atoms with van der Waals surface area (Å²) in [6.45, 7) is 2.12. The molecule has 0 aliphatic rings. The number of ether oxygens (including phenoxy) is 2. The van der Waals surface area contributed by atoms with E-state index in [-0.39, 0.29) is 16.3 Å². The van der Waals surface area contributed by atoms with Gasteiger partial charge in [0.05, 0.1) is 10.6 Å². The fourth-order valence-electron chi connectivity index (χ4n) is 2.21. The summed E-state index contributed by atoms with van der Waals surface area (Å²) in [6.07, 6.45) is 7.30. The zero-order valence-electron chi connectivity index (χ0n) is 14.9. The van der Waals surface area contributed by atoms with Crippen LogP contribution in [0.1, 0.15) is 43.0 Å². The first-order valence-corrected chi connectivity index (χ1v) is 9.03. The molecule has 2 aromatic carbocycles. The summed E-state index contributed by atoms with van der Waals surface area (Å²) in [4.78, 5) is 23.8. The van der Waals surface area contributed by atoms with Gasteiger partial charge in [-0.2, -0.15) is 0 Å². The van der Waals surface area contributed by atoms with Crippen LogP contribution in [0, 0.1) is 5.82 Å². The quantitative estimate of drug-likeness (QED) is 0.249. The standard InChI is InChI=1S/C21H20ClFO4/c1-2-3-4-5-6-7-20(24)26-16-10-8-15(9-11-16)21(25)27-17-12-13-18(22)19(23)14-17/h6-14H,2-5H2,1H3/b7-6+. The average Bonchev–Trinajstić information content (AvgIpc) is 2.65. The summed E-state index contributed by atoms with van der Waals surface area (Å²) < 4.78 is 23.6. The van der Waals surface area contributed by atoms with Crippen molar-refractivity contribution < 1.29 is 23.5 Å². The van der Waals surface area contributed by atoms with E-state index in [0.717, 1.165) is 31.7 Å². The van der Waals surface area contributed by atoms with Crippen molar-refractivity contribution in [3.05, 3.63) is 71.0 Å². The van der Waals surface area contributed by atoms with Gasteiger partial charge in [0.25, 0.3) is 0 Å². The third-order valence-corrected chi connectivity index (χ3v) is 3.94. The van der Waals surface area contributed by atoms with Crippen LogP contribution in [-0.4, -0.2) is 11.9 Å². The topological polar surface area (TPSA) is 52.6 Å². The van der Waals surface area contributed by atoms with Crippen molar-refractivity contribution in [3.63, 3.8) is 0 Å². The van der Waals surface area contributed by atoms with Crippen LogP contribution in [-0.2, 0) is 4.79 Å². The molecule has 0 bridgehead atoms. The molecule has 2 aromatic rings. The van der Waals surface area contributed by atoms with Gasteiger partial charge in [0.1, 0.15) is 17.3 Å². The number of esters is 2. The Hall–Kier alpha value is -2.66. The Morgan fingerprint density at radius 3 is 2.41 bits per heavy atom. The van der Waals surface area contributed by atoms with Gasteiger partial charge in [0.2, 0.25) is 0 Å². The lowest BCUT2D eigenvalue weighted by Gasteiger charge is -2.06. The van der Waals surface area contributed by atoms with Gasteiger partial charge in [0, 0.05) is 12.1 Å². The lowest BCUT2D eigenvalue weighted by atomic mass is 10.2. The second-order valence-corrected chi connectivity index (χ2v) is 6.22. The third kappa shape index (κ3) is 6.87. The summed E-state index contributed by atoms with van der Waals surface area (Å²) in [5.41, 5.74) is 0.236. The van der Waals surface area contributed by atoms with E-state index in [0.29, 0.717) is 5.75 Å². The monoisotopic (exact) mass is 390 g/mol. The summed E-state index contributed by atoms with van der Waals surface area (Å²) in [5.74, 6) is -1.45. The number of allylic oxidation sites excluding steroid dienone is 1. The number of carbonyl (C=O) groups is 2. The largest absolute Gasteiger partial charge is 0.423 e. The fourth-order valence-corrected chi connectivity index (χ4v) is 2.32. The van der Waals surface area contributed by atoms with Crippen molar-refractivity contribution in [3.8, 4) is 11.5 Å². The molecule has 0 heterocycles. The van der Waals surface area contributed by atoms with E-state index in [1.54, 1.807) is 6.08 Å². The van der Waals surface area contributed by atoms with Gasteiger partial charge in [-0.25, -0.2) is 14.0 Å². The lowest BCUT2D eigenvalue weighted by molar-refractivity contribution is -0.129. The maximum absolute atomic E-state index is 13.4. The molecule has 0 unspecified atom stereocenters. The minimum atomic E-state index is -0.674. The van der Waals surface area contributed by atoms with E-state index < -0.39 is 17.8 Å². The number of rotatable bonds is 8. The fraction of sp³-hybridized carbons (Fsp3) is 0.238. The predicted octanol–water partition coefficient (Wildman–Crippen LogP) is 5.74. The maximum atomic E-state index is 13.4. The van der Waals surface area contributed by atoms with Crippen molar-refractivity contribution in [2.45, 2.75) is 32.6 Å². The van der Waals surface area contributed by atoms with Crippen LogP contribution in [0.5, 0.6) is 11.5 Å². The molecule has 0 spiro atoms. The Balaban J connectivity index is 1.89. The highest BCUT2D eigenvalue weighted by atomic mass is 35.5. The van der Waals surface area contributed by atoms with E-state index in [2.05, 4.69) is 6.92 Å². The molecule has 0 aromatic heterocycles.